The summed E-state index contributed by atoms with van der Waals surface area (Å²) < 4.78 is 22.6. The molecule has 2 aromatic rings. The lowest BCUT2D eigenvalue weighted by Gasteiger charge is -2.17. The van der Waals surface area contributed by atoms with Crippen LogP contribution in [-0.4, -0.2) is 50.2 Å². The highest BCUT2D eigenvalue weighted by molar-refractivity contribution is 6.45. The van der Waals surface area contributed by atoms with Crippen LogP contribution < -0.4 is 9.47 Å². The van der Waals surface area contributed by atoms with Crippen LogP contribution in [0, 0.1) is 0 Å². The normalized spacial score (nSPS) is 17.6. The first-order valence-electron chi connectivity index (χ1n) is 9.78. The zero-order valence-electron chi connectivity index (χ0n) is 16.8. The van der Waals surface area contributed by atoms with Crippen molar-refractivity contribution in [2.75, 3.05) is 26.9 Å². The van der Waals surface area contributed by atoms with Crippen molar-refractivity contribution in [3.8, 4) is 22.6 Å². The highest BCUT2D eigenvalue weighted by Gasteiger charge is 2.32. The van der Waals surface area contributed by atoms with Crippen LogP contribution in [0.2, 0.25) is 6.32 Å². The minimum Gasteiger partial charge on any atom is -0.493 e. The SMILES string of the molecule is CCCOc1cc(-c2cncc(C(CO)CB3OC[C@@H](C)O3)c2)ccc1OC. The maximum Gasteiger partial charge on any atom is 0.457 e. The van der Waals surface area contributed by atoms with E-state index in [0.29, 0.717) is 31.0 Å². The van der Waals surface area contributed by atoms with E-state index < -0.39 is 0 Å². The smallest absolute Gasteiger partial charge is 0.457 e. The largest absolute Gasteiger partial charge is 0.493 e. The standard InChI is InChI=1S/C21H28BNO5/c1-4-7-26-21-9-16(5-6-20(21)25-3)17-8-18(12-23-11-17)19(13-24)10-22-27-14-15(2)28-22/h5-6,8-9,11-12,15,19,24H,4,7,10,13-14H2,1-3H3/t15-,19?/m1/s1. The molecule has 0 bridgehead atoms. The molecule has 0 spiro atoms. The monoisotopic (exact) mass is 385 g/mol. The third-order valence-electron chi connectivity index (χ3n) is 4.79. The number of pyridine rings is 1. The van der Waals surface area contributed by atoms with Gasteiger partial charge in [0.25, 0.3) is 0 Å². The fraction of sp³-hybridized carbons (Fsp3) is 0.476. The van der Waals surface area contributed by atoms with Gasteiger partial charge in [0.05, 0.1) is 26.4 Å². The van der Waals surface area contributed by atoms with Crippen molar-refractivity contribution in [3.63, 3.8) is 0 Å². The van der Waals surface area contributed by atoms with Gasteiger partial charge in [-0.2, -0.15) is 0 Å². The van der Waals surface area contributed by atoms with E-state index in [4.69, 9.17) is 18.8 Å². The Morgan fingerprint density at radius 1 is 1.25 bits per heavy atom. The number of rotatable bonds is 9. The van der Waals surface area contributed by atoms with Crippen LogP contribution in [0.15, 0.2) is 36.7 Å². The Kier molecular flexibility index (Phi) is 7.31. The third-order valence-corrected chi connectivity index (χ3v) is 4.79. The number of hydrogen-bond acceptors (Lipinski definition) is 6. The lowest BCUT2D eigenvalue weighted by molar-refractivity contribution is 0.249. The number of ether oxygens (including phenoxy) is 2. The van der Waals surface area contributed by atoms with E-state index in [1.807, 2.05) is 31.3 Å². The van der Waals surface area contributed by atoms with Gasteiger partial charge in [-0.25, -0.2) is 0 Å². The van der Waals surface area contributed by atoms with Crippen molar-refractivity contribution in [2.45, 2.75) is 38.6 Å². The molecule has 1 aromatic heterocycles. The molecular weight excluding hydrogens is 357 g/mol. The van der Waals surface area contributed by atoms with Crippen LogP contribution in [0.3, 0.4) is 0 Å². The molecule has 0 amide bonds. The molecule has 2 atom stereocenters. The lowest BCUT2D eigenvalue weighted by Crippen LogP contribution is -2.20. The molecule has 0 aliphatic carbocycles. The summed E-state index contributed by atoms with van der Waals surface area (Å²) in [7, 11) is 1.35. The highest BCUT2D eigenvalue weighted by Crippen LogP contribution is 2.34. The van der Waals surface area contributed by atoms with Crippen LogP contribution in [0.4, 0.5) is 0 Å². The summed E-state index contributed by atoms with van der Waals surface area (Å²) in [6.45, 7) is 5.28. The molecule has 28 heavy (non-hydrogen) atoms. The minimum absolute atomic E-state index is 0.0101. The number of benzene rings is 1. The van der Waals surface area contributed by atoms with Gasteiger partial charge in [0.15, 0.2) is 11.5 Å². The number of methoxy groups -OCH3 is 1. The summed E-state index contributed by atoms with van der Waals surface area (Å²) >= 11 is 0. The van der Waals surface area contributed by atoms with Gasteiger partial charge in [-0.1, -0.05) is 13.0 Å². The van der Waals surface area contributed by atoms with Crippen LogP contribution in [-0.2, 0) is 9.31 Å². The Morgan fingerprint density at radius 2 is 2.11 bits per heavy atom. The molecule has 1 aliphatic heterocycles. The summed E-state index contributed by atoms with van der Waals surface area (Å²) in [6.07, 6.45) is 5.22. The fourth-order valence-electron chi connectivity index (χ4n) is 3.27. The van der Waals surface area contributed by atoms with Crippen LogP contribution in [0.1, 0.15) is 31.7 Å². The summed E-state index contributed by atoms with van der Waals surface area (Å²) in [5.41, 5.74) is 2.90. The first kappa shape index (κ1) is 20.6. The van der Waals surface area contributed by atoms with Gasteiger partial charge in [-0.3, -0.25) is 4.98 Å². The average molecular weight is 385 g/mol. The topological polar surface area (TPSA) is 70.0 Å². The molecule has 6 nitrogen and oxygen atoms in total. The molecule has 1 fully saturated rings. The average Bonchev–Trinajstić information content (AvgIpc) is 3.15. The van der Waals surface area contributed by atoms with E-state index in [9.17, 15) is 5.11 Å². The quantitative estimate of drug-likeness (QED) is 0.666. The highest BCUT2D eigenvalue weighted by atomic mass is 16.6. The predicted molar refractivity (Wildman–Crippen MR) is 109 cm³/mol. The minimum atomic E-state index is -0.286. The molecule has 1 unspecified atom stereocenters. The van der Waals surface area contributed by atoms with Gasteiger partial charge < -0.3 is 23.9 Å². The fourth-order valence-corrected chi connectivity index (χ4v) is 3.27. The number of aromatic nitrogens is 1. The predicted octanol–water partition coefficient (Wildman–Crippen LogP) is 3.55. The Hall–Kier alpha value is -2.09. The number of nitrogens with zero attached hydrogens (tertiary/aromatic N) is 1. The van der Waals surface area contributed by atoms with Crippen molar-refractivity contribution < 1.29 is 23.9 Å². The molecule has 1 aliphatic rings. The van der Waals surface area contributed by atoms with Crippen molar-refractivity contribution >= 4 is 7.12 Å². The van der Waals surface area contributed by atoms with E-state index >= 15 is 0 Å². The van der Waals surface area contributed by atoms with E-state index in [-0.39, 0.29) is 25.7 Å². The number of hydrogen-bond donors (Lipinski definition) is 1. The first-order valence-corrected chi connectivity index (χ1v) is 9.78. The van der Waals surface area contributed by atoms with E-state index in [0.717, 1.165) is 23.1 Å². The Balaban J connectivity index is 1.81. The van der Waals surface area contributed by atoms with Gasteiger partial charge in [-0.15, -0.1) is 0 Å². The molecule has 3 rings (SSSR count). The first-order chi connectivity index (χ1) is 13.6. The van der Waals surface area contributed by atoms with E-state index in [1.165, 1.54) is 0 Å². The van der Waals surface area contributed by atoms with Gasteiger partial charge >= 0.3 is 7.12 Å². The maximum absolute atomic E-state index is 9.90. The second kappa shape index (κ2) is 9.91. The van der Waals surface area contributed by atoms with Gasteiger partial charge in [-0.05, 0) is 49.0 Å². The number of aliphatic hydroxyl groups excluding tert-OH is 1. The molecule has 0 radical (unpaired) electrons. The maximum atomic E-state index is 9.90. The summed E-state index contributed by atoms with van der Waals surface area (Å²) in [5, 5.41) is 9.90. The van der Waals surface area contributed by atoms with Crippen molar-refractivity contribution in [1.29, 1.82) is 0 Å². The Morgan fingerprint density at radius 3 is 2.79 bits per heavy atom. The van der Waals surface area contributed by atoms with Gasteiger partial charge in [0, 0.05) is 30.5 Å². The molecule has 150 valence electrons. The zero-order chi connectivity index (χ0) is 19.9. The van der Waals surface area contributed by atoms with E-state index in [2.05, 4.69) is 18.0 Å². The number of aliphatic hydroxyl groups is 1. The molecule has 0 saturated carbocycles. The summed E-state index contributed by atoms with van der Waals surface area (Å²) in [6, 6.07) is 7.90. The Bertz CT molecular complexity index is 772. The van der Waals surface area contributed by atoms with Gasteiger partial charge in [0.2, 0.25) is 0 Å². The molecule has 1 saturated heterocycles. The van der Waals surface area contributed by atoms with E-state index in [1.54, 1.807) is 13.3 Å². The second-order valence-corrected chi connectivity index (χ2v) is 7.05. The van der Waals surface area contributed by atoms with Crippen molar-refractivity contribution in [2.24, 2.45) is 0 Å². The molecule has 2 heterocycles. The summed E-state index contributed by atoms with van der Waals surface area (Å²) in [4.78, 5) is 4.39. The summed E-state index contributed by atoms with van der Waals surface area (Å²) in [5.74, 6) is 1.32. The van der Waals surface area contributed by atoms with Crippen molar-refractivity contribution in [1.82, 2.24) is 4.98 Å². The Labute approximate surface area is 166 Å². The molecule has 1 aromatic carbocycles. The lowest BCUT2D eigenvalue weighted by atomic mass is 9.75. The van der Waals surface area contributed by atoms with Crippen molar-refractivity contribution in [3.05, 3.63) is 42.2 Å². The second-order valence-electron chi connectivity index (χ2n) is 7.05. The van der Waals surface area contributed by atoms with Crippen LogP contribution >= 0.6 is 0 Å². The van der Waals surface area contributed by atoms with Crippen LogP contribution in [0.5, 0.6) is 11.5 Å². The van der Waals surface area contributed by atoms with Crippen LogP contribution in [0.25, 0.3) is 11.1 Å². The third kappa shape index (κ3) is 5.04. The van der Waals surface area contributed by atoms with Gasteiger partial charge in [0.1, 0.15) is 0 Å². The molecule has 7 heteroatoms. The molecule has 1 N–H and O–H groups in total. The molecular formula is C21H28BNO5. The zero-order valence-corrected chi connectivity index (χ0v) is 16.8.